The molecular formula is C25H36FN5O. The molecule has 0 saturated carbocycles. The van der Waals surface area contributed by atoms with Gasteiger partial charge in [-0.25, -0.2) is 9.38 Å². The van der Waals surface area contributed by atoms with E-state index in [4.69, 9.17) is 4.98 Å². The number of hydrogen-bond donors (Lipinski definition) is 1. The third-order valence-electron chi connectivity index (χ3n) is 5.18. The first-order valence-electron chi connectivity index (χ1n) is 10.9. The van der Waals surface area contributed by atoms with E-state index < -0.39 is 5.54 Å². The van der Waals surface area contributed by atoms with Gasteiger partial charge < -0.3 is 10.2 Å². The van der Waals surface area contributed by atoms with Gasteiger partial charge in [0.05, 0.1) is 22.6 Å². The van der Waals surface area contributed by atoms with E-state index in [-0.39, 0.29) is 19.1 Å². The summed E-state index contributed by atoms with van der Waals surface area (Å²) in [5.74, 6) is 1.06. The van der Waals surface area contributed by atoms with Gasteiger partial charge >= 0.3 is 0 Å². The molecule has 32 heavy (non-hydrogen) atoms. The quantitative estimate of drug-likeness (QED) is 0.472. The number of amidine groups is 2. The number of carbonyl (C=O) groups excluding carboxylic acids is 1. The summed E-state index contributed by atoms with van der Waals surface area (Å²) in [5, 5.41) is 3.01. The zero-order valence-corrected chi connectivity index (χ0v) is 20.3. The van der Waals surface area contributed by atoms with E-state index in [1.165, 1.54) is 24.3 Å². The van der Waals surface area contributed by atoms with Crippen LogP contribution >= 0.6 is 0 Å². The van der Waals surface area contributed by atoms with Crippen LogP contribution in [0.15, 0.2) is 46.4 Å². The minimum absolute atomic E-state index is 0. The molecule has 0 aliphatic carbocycles. The number of pyridine rings is 1. The highest BCUT2D eigenvalue weighted by molar-refractivity contribution is 6.03. The van der Waals surface area contributed by atoms with Crippen LogP contribution in [0.4, 0.5) is 10.1 Å². The van der Waals surface area contributed by atoms with Crippen LogP contribution in [0.1, 0.15) is 77.6 Å². The molecule has 7 heteroatoms. The Labute approximate surface area is 192 Å². The van der Waals surface area contributed by atoms with Gasteiger partial charge in [-0.3, -0.25) is 14.8 Å². The van der Waals surface area contributed by atoms with Crippen LogP contribution in [-0.2, 0) is 5.54 Å². The molecule has 0 spiro atoms. The topological polar surface area (TPSA) is 70.0 Å². The van der Waals surface area contributed by atoms with Crippen LogP contribution in [-0.4, -0.2) is 36.2 Å². The second-order valence-electron chi connectivity index (χ2n) is 8.58. The average molecular weight is 442 g/mol. The van der Waals surface area contributed by atoms with Gasteiger partial charge in [-0.15, -0.1) is 0 Å². The molecule has 2 rings (SSSR count). The molecule has 0 radical (unpaired) electrons. The van der Waals surface area contributed by atoms with Crippen molar-refractivity contribution in [2.75, 3.05) is 18.5 Å². The van der Waals surface area contributed by atoms with Crippen molar-refractivity contribution in [1.82, 2.24) is 10.3 Å². The number of rotatable bonds is 6. The highest BCUT2D eigenvalue weighted by atomic mass is 19.1. The maximum absolute atomic E-state index is 13.2. The Kier molecular flexibility index (Phi) is 8.25. The second-order valence-corrected chi connectivity index (χ2v) is 8.58. The first-order chi connectivity index (χ1) is 15.0. The highest BCUT2D eigenvalue weighted by Gasteiger charge is 2.27. The molecule has 0 saturated heterocycles. The van der Waals surface area contributed by atoms with E-state index in [1.54, 1.807) is 0 Å². The fraction of sp³-hybridized carbons (Fsp3) is 0.440. The van der Waals surface area contributed by atoms with E-state index in [0.717, 1.165) is 28.7 Å². The van der Waals surface area contributed by atoms with Crippen LogP contribution in [0.3, 0.4) is 0 Å². The third kappa shape index (κ3) is 6.22. The van der Waals surface area contributed by atoms with Crippen molar-refractivity contribution in [1.29, 1.82) is 0 Å². The summed E-state index contributed by atoms with van der Waals surface area (Å²) in [5.41, 5.74) is 2.28. The van der Waals surface area contributed by atoms with Crippen LogP contribution in [0.2, 0.25) is 0 Å². The van der Waals surface area contributed by atoms with E-state index in [1.807, 2.05) is 58.7 Å². The van der Waals surface area contributed by atoms with Crippen molar-refractivity contribution >= 4 is 23.3 Å². The van der Waals surface area contributed by atoms with Crippen molar-refractivity contribution in [2.24, 2.45) is 9.98 Å². The second kappa shape index (κ2) is 10.5. The van der Waals surface area contributed by atoms with E-state index in [9.17, 15) is 9.18 Å². The molecule has 0 unspecified atom stereocenters. The molecule has 1 aromatic heterocycles. The molecule has 0 aliphatic heterocycles. The van der Waals surface area contributed by atoms with E-state index >= 15 is 0 Å². The molecule has 6 nitrogen and oxygen atoms in total. The Hall–Kier alpha value is -3.09. The van der Waals surface area contributed by atoms with Crippen molar-refractivity contribution in [2.45, 2.75) is 59.9 Å². The minimum atomic E-state index is -0.723. The number of aromatic nitrogens is 1. The maximum Gasteiger partial charge on any atom is 0.252 e. The summed E-state index contributed by atoms with van der Waals surface area (Å²) in [6.07, 6.45) is 0. The first kappa shape index (κ1) is 25.2. The molecule has 0 bridgehead atoms. The van der Waals surface area contributed by atoms with Gasteiger partial charge in [-0.1, -0.05) is 13.8 Å². The zero-order valence-electron chi connectivity index (χ0n) is 20.3. The Morgan fingerprint density at radius 2 is 1.81 bits per heavy atom. The van der Waals surface area contributed by atoms with Gasteiger partial charge in [-0.2, -0.15) is 0 Å². The smallest absolute Gasteiger partial charge is 0.252 e. The number of nitrogens with one attached hydrogen (secondary N) is 1. The minimum Gasteiger partial charge on any atom is -0.342 e. The average Bonchev–Trinajstić information content (AvgIpc) is 2.72. The molecular weight excluding hydrogens is 405 g/mol. The van der Waals surface area contributed by atoms with Crippen molar-refractivity contribution < 1.29 is 10.6 Å². The number of amides is 1. The lowest BCUT2D eigenvalue weighted by Crippen LogP contribution is -2.42. The predicted molar refractivity (Wildman–Crippen MR) is 132 cm³/mol. The Bertz CT molecular complexity index is 1020. The molecule has 174 valence electrons. The predicted octanol–water partition coefficient (Wildman–Crippen LogP) is 5.55. The molecule has 0 aliphatic rings. The van der Waals surface area contributed by atoms with E-state index in [2.05, 4.69) is 29.1 Å². The normalized spacial score (nSPS) is 12.8. The van der Waals surface area contributed by atoms with Gasteiger partial charge in [0, 0.05) is 20.6 Å². The largest absolute Gasteiger partial charge is 0.342 e. The van der Waals surface area contributed by atoms with Gasteiger partial charge in [-0.05, 0) is 76.9 Å². The molecule has 2 aromatic rings. The van der Waals surface area contributed by atoms with Crippen LogP contribution < -0.4 is 10.2 Å². The number of carbonyl (C=O) groups is 1. The van der Waals surface area contributed by atoms with Gasteiger partial charge in [0.25, 0.3) is 5.91 Å². The third-order valence-corrected chi connectivity index (χ3v) is 5.18. The number of benzene rings is 1. The summed E-state index contributed by atoms with van der Waals surface area (Å²) in [4.78, 5) is 28.5. The molecule has 1 heterocycles. The Morgan fingerprint density at radius 1 is 1.19 bits per heavy atom. The number of hydrogen-bond acceptors (Lipinski definition) is 3. The SMILES string of the molecule is CCN=C(C)N=C(C)N(C)c1ccc(C(C)(C)NC(=O)c2ccc(F)cc2)nc1C(C)C.[HH]. The summed E-state index contributed by atoms with van der Waals surface area (Å²) in [6, 6.07) is 9.42. The van der Waals surface area contributed by atoms with Crippen LogP contribution in [0, 0.1) is 5.82 Å². The summed E-state index contributed by atoms with van der Waals surface area (Å²) < 4.78 is 13.2. The van der Waals surface area contributed by atoms with Crippen LogP contribution in [0.25, 0.3) is 0 Å². The molecule has 0 atom stereocenters. The lowest BCUT2D eigenvalue weighted by Gasteiger charge is -2.29. The first-order valence-corrected chi connectivity index (χ1v) is 10.9. The summed E-state index contributed by atoms with van der Waals surface area (Å²) in [7, 11) is 1.96. The molecule has 1 N–H and O–H groups in total. The number of halogens is 1. The Balaban J connectivity index is 0.00000544. The number of aliphatic imine (C=N–C) groups is 2. The standard InChI is InChI=1S/C25H34FN5O.H2/c1-9-27-17(4)28-18(5)31(8)21-14-15-22(29-23(21)16(2)3)25(6,7)30-24(32)19-10-12-20(26)13-11-19;/h10-16H,9H2,1-8H3,(H,30,32);1H. The number of nitrogens with zero attached hydrogens (tertiary/aromatic N) is 4. The molecule has 1 aromatic carbocycles. The van der Waals surface area contributed by atoms with Gasteiger partial charge in [0.15, 0.2) is 0 Å². The van der Waals surface area contributed by atoms with Crippen molar-refractivity contribution in [3.05, 3.63) is 59.2 Å². The highest BCUT2D eigenvalue weighted by Crippen LogP contribution is 2.29. The number of anilines is 1. The molecule has 0 fully saturated rings. The van der Waals surface area contributed by atoms with E-state index in [0.29, 0.717) is 12.1 Å². The monoisotopic (exact) mass is 441 g/mol. The van der Waals surface area contributed by atoms with Crippen molar-refractivity contribution in [3.63, 3.8) is 0 Å². The fourth-order valence-electron chi connectivity index (χ4n) is 3.29. The van der Waals surface area contributed by atoms with Gasteiger partial charge in [0.1, 0.15) is 17.5 Å². The fourth-order valence-corrected chi connectivity index (χ4v) is 3.29. The molecule has 1 amide bonds. The maximum atomic E-state index is 13.2. The van der Waals surface area contributed by atoms with Crippen molar-refractivity contribution in [3.8, 4) is 0 Å². The van der Waals surface area contributed by atoms with Crippen LogP contribution in [0.5, 0.6) is 0 Å². The zero-order chi connectivity index (χ0) is 24.1. The van der Waals surface area contributed by atoms with Gasteiger partial charge in [0.2, 0.25) is 0 Å². The lowest BCUT2D eigenvalue weighted by molar-refractivity contribution is 0.0910. The summed E-state index contributed by atoms with van der Waals surface area (Å²) >= 11 is 0. The summed E-state index contributed by atoms with van der Waals surface area (Å²) in [6.45, 7) is 14.5. The lowest BCUT2D eigenvalue weighted by atomic mass is 9.96. The Morgan fingerprint density at radius 3 is 2.38 bits per heavy atom.